The Morgan fingerprint density at radius 1 is 1.47 bits per heavy atom. The van der Waals surface area contributed by atoms with Gasteiger partial charge >= 0.3 is 0 Å². The Bertz CT molecular complexity index is 323. The number of aliphatic hydroxyl groups is 1. The number of aromatic nitrogens is 1. The Hall–Kier alpha value is 0.420. The van der Waals surface area contributed by atoms with E-state index in [4.69, 9.17) is 0 Å². The average molecular weight is 308 g/mol. The summed E-state index contributed by atoms with van der Waals surface area (Å²) in [5.74, 6) is 0. The van der Waals surface area contributed by atoms with Crippen molar-refractivity contribution in [3.05, 3.63) is 9.98 Å². The van der Waals surface area contributed by atoms with Gasteiger partial charge in [0.15, 0.2) is 4.34 Å². The van der Waals surface area contributed by atoms with E-state index in [1.807, 2.05) is 5.38 Å². The molecule has 1 fully saturated rings. The third-order valence-electron chi connectivity index (χ3n) is 2.81. The SMILES string of the molecule is OCC1(Sc2nc(Br)cs2)CCCCC1. The normalized spacial score (nSPS) is 20.4. The second-order valence-electron chi connectivity index (χ2n) is 3.94. The number of hydrogen-bond acceptors (Lipinski definition) is 4. The van der Waals surface area contributed by atoms with Gasteiger partial charge in [0.1, 0.15) is 4.60 Å². The van der Waals surface area contributed by atoms with E-state index >= 15 is 0 Å². The average Bonchev–Trinajstić information content (AvgIpc) is 2.65. The second-order valence-corrected chi connectivity index (χ2v) is 7.33. The van der Waals surface area contributed by atoms with Crippen LogP contribution in [0.4, 0.5) is 0 Å². The lowest BCUT2D eigenvalue weighted by Crippen LogP contribution is -2.31. The minimum Gasteiger partial charge on any atom is -0.395 e. The first-order valence-electron chi connectivity index (χ1n) is 5.15. The van der Waals surface area contributed by atoms with Crippen molar-refractivity contribution in [3.8, 4) is 0 Å². The number of thiazole rings is 1. The number of halogens is 1. The standard InChI is InChI=1S/C10H14BrNOS2/c11-8-6-14-9(12-8)15-10(7-13)4-2-1-3-5-10/h6,13H,1-5,7H2. The van der Waals surface area contributed by atoms with Crippen molar-refractivity contribution < 1.29 is 5.11 Å². The van der Waals surface area contributed by atoms with Crippen LogP contribution < -0.4 is 0 Å². The lowest BCUT2D eigenvalue weighted by molar-refractivity contribution is 0.214. The molecule has 0 radical (unpaired) electrons. The van der Waals surface area contributed by atoms with Gasteiger partial charge in [0.05, 0.1) is 6.61 Å². The molecule has 1 saturated carbocycles. The molecule has 1 aromatic heterocycles. The lowest BCUT2D eigenvalue weighted by Gasteiger charge is -2.33. The maximum atomic E-state index is 9.55. The summed E-state index contributed by atoms with van der Waals surface area (Å²) in [6.45, 7) is 0.273. The van der Waals surface area contributed by atoms with Crippen molar-refractivity contribution in [2.45, 2.75) is 41.2 Å². The summed E-state index contributed by atoms with van der Waals surface area (Å²) in [6.07, 6.45) is 6.01. The molecular formula is C10H14BrNOS2. The molecule has 0 spiro atoms. The first-order valence-corrected chi connectivity index (χ1v) is 7.64. The number of nitrogens with zero attached hydrogens (tertiary/aromatic N) is 1. The molecule has 1 aliphatic carbocycles. The van der Waals surface area contributed by atoms with E-state index in [0.29, 0.717) is 0 Å². The number of hydrogen-bond donors (Lipinski definition) is 1. The van der Waals surface area contributed by atoms with Gasteiger partial charge < -0.3 is 5.11 Å². The summed E-state index contributed by atoms with van der Waals surface area (Å²) in [5.41, 5.74) is 0. The van der Waals surface area contributed by atoms with Gasteiger partial charge in [-0.25, -0.2) is 4.98 Å². The van der Waals surface area contributed by atoms with Gasteiger partial charge in [-0.1, -0.05) is 31.0 Å². The summed E-state index contributed by atoms with van der Waals surface area (Å²) in [7, 11) is 0. The molecule has 0 amide bonds. The van der Waals surface area contributed by atoms with E-state index in [-0.39, 0.29) is 11.4 Å². The van der Waals surface area contributed by atoms with Crippen LogP contribution in [0.25, 0.3) is 0 Å². The van der Waals surface area contributed by atoms with E-state index in [1.165, 1.54) is 19.3 Å². The molecule has 1 N–H and O–H groups in total. The van der Waals surface area contributed by atoms with Gasteiger partial charge in [0.2, 0.25) is 0 Å². The molecular weight excluding hydrogens is 294 g/mol. The molecule has 0 aromatic carbocycles. The Morgan fingerprint density at radius 2 is 2.20 bits per heavy atom. The topological polar surface area (TPSA) is 33.1 Å². The zero-order valence-corrected chi connectivity index (χ0v) is 11.6. The molecule has 0 saturated heterocycles. The van der Waals surface area contributed by atoms with E-state index in [0.717, 1.165) is 21.8 Å². The Morgan fingerprint density at radius 3 is 2.73 bits per heavy atom. The monoisotopic (exact) mass is 307 g/mol. The van der Waals surface area contributed by atoms with E-state index in [9.17, 15) is 5.11 Å². The fraction of sp³-hybridized carbons (Fsp3) is 0.700. The first-order chi connectivity index (χ1) is 7.24. The molecule has 0 atom stereocenters. The molecule has 15 heavy (non-hydrogen) atoms. The molecule has 0 aliphatic heterocycles. The van der Waals surface area contributed by atoms with Crippen molar-refractivity contribution in [3.63, 3.8) is 0 Å². The maximum absolute atomic E-state index is 9.55. The molecule has 0 bridgehead atoms. The minimum absolute atomic E-state index is 0.0372. The lowest BCUT2D eigenvalue weighted by atomic mass is 9.89. The highest BCUT2D eigenvalue weighted by atomic mass is 79.9. The summed E-state index contributed by atoms with van der Waals surface area (Å²) in [6, 6.07) is 0. The number of aliphatic hydroxyl groups excluding tert-OH is 1. The molecule has 1 aromatic rings. The van der Waals surface area contributed by atoms with Gasteiger partial charge in [-0.05, 0) is 28.8 Å². The van der Waals surface area contributed by atoms with Crippen LogP contribution in [0.2, 0.25) is 0 Å². The zero-order valence-electron chi connectivity index (χ0n) is 8.41. The van der Waals surface area contributed by atoms with Gasteiger partial charge in [-0.2, -0.15) is 0 Å². The van der Waals surface area contributed by atoms with Crippen LogP contribution in [0.5, 0.6) is 0 Å². The summed E-state index contributed by atoms with van der Waals surface area (Å²) in [5, 5.41) is 11.6. The van der Waals surface area contributed by atoms with Gasteiger partial charge in [0.25, 0.3) is 0 Å². The number of thioether (sulfide) groups is 1. The molecule has 0 unspecified atom stereocenters. The van der Waals surface area contributed by atoms with Crippen LogP contribution in [0.3, 0.4) is 0 Å². The summed E-state index contributed by atoms with van der Waals surface area (Å²) in [4.78, 5) is 4.38. The molecule has 5 heteroatoms. The molecule has 1 heterocycles. The fourth-order valence-corrected chi connectivity index (χ4v) is 4.99. The van der Waals surface area contributed by atoms with Crippen molar-refractivity contribution in [2.24, 2.45) is 0 Å². The third kappa shape index (κ3) is 2.96. The highest BCUT2D eigenvalue weighted by Gasteiger charge is 2.33. The predicted octanol–water partition coefficient (Wildman–Crippen LogP) is 3.69. The van der Waals surface area contributed by atoms with E-state index in [1.54, 1.807) is 23.1 Å². The molecule has 84 valence electrons. The maximum Gasteiger partial charge on any atom is 0.151 e. The Balaban J connectivity index is 2.06. The summed E-state index contributed by atoms with van der Waals surface area (Å²) < 4.78 is 2.01. The van der Waals surface area contributed by atoms with Crippen LogP contribution in [0, 0.1) is 0 Å². The van der Waals surface area contributed by atoms with E-state index in [2.05, 4.69) is 20.9 Å². The van der Waals surface area contributed by atoms with Crippen LogP contribution in [-0.4, -0.2) is 21.4 Å². The van der Waals surface area contributed by atoms with Crippen molar-refractivity contribution >= 4 is 39.0 Å². The highest BCUT2D eigenvalue weighted by Crippen LogP contribution is 2.44. The number of rotatable bonds is 3. The largest absolute Gasteiger partial charge is 0.395 e. The van der Waals surface area contributed by atoms with E-state index < -0.39 is 0 Å². The van der Waals surface area contributed by atoms with Crippen molar-refractivity contribution in [1.82, 2.24) is 4.98 Å². The molecule has 1 aliphatic rings. The van der Waals surface area contributed by atoms with Crippen molar-refractivity contribution in [2.75, 3.05) is 6.61 Å². The molecule has 2 nitrogen and oxygen atoms in total. The zero-order chi connectivity index (χ0) is 10.7. The van der Waals surface area contributed by atoms with Gasteiger partial charge in [0, 0.05) is 10.1 Å². The Kier molecular flexibility index (Phi) is 4.10. The second kappa shape index (κ2) is 5.17. The predicted molar refractivity (Wildman–Crippen MR) is 68.6 cm³/mol. The van der Waals surface area contributed by atoms with Gasteiger partial charge in [-0.15, -0.1) is 11.3 Å². The quantitative estimate of drug-likeness (QED) is 0.924. The van der Waals surface area contributed by atoms with Crippen LogP contribution in [-0.2, 0) is 0 Å². The van der Waals surface area contributed by atoms with Crippen LogP contribution in [0.15, 0.2) is 14.3 Å². The van der Waals surface area contributed by atoms with Crippen molar-refractivity contribution in [1.29, 1.82) is 0 Å². The smallest absolute Gasteiger partial charge is 0.151 e. The minimum atomic E-state index is 0.0372. The third-order valence-corrected chi connectivity index (χ3v) is 5.93. The highest BCUT2D eigenvalue weighted by molar-refractivity contribution is 9.10. The Labute approximate surface area is 107 Å². The first kappa shape index (κ1) is 11.9. The van der Waals surface area contributed by atoms with Crippen LogP contribution >= 0.6 is 39.0 Å². The van der Waals surface area contributed by atoms with Gasteiger partial charge in [-0.3, -0.25) is 0 Å². The fourth-order valence-electron chi connectivity index (χ4n) is 1.96. The summed E-state index contributed by atoms with van der Waals surface area (Å²) >= 11 is 6.77. The molecule has 2 rings (SSSR count). The van der Waals surface area contributed by atoms with Crippen LogP contribution in [0.1, 0.15) is 32.1 Å².